The molecule has 3 N–H and O–H groups in total. The molecule has 0 saturated carbocycles. The zero-order valence-electron chi connectivity index (χ0n) is 13.0. The van der Waals surface area contributed by atoms with E-state index in [2.05, 4.69) is 62.5 Å². The first-order chi connectivity index (χ1) is 9.49. The summed E-state index contributed by atoms with van der Waals surface area (Å²) in [6.07, 6.45) is 1.09. The lowest BCUT2D eigenvalue weighted by Gasteiger charge is -2.16. The van der Waals surface area contributed by atoms with Crippen molar-refractivity contribution in [3.63, 3.8) is 0 Å². The van der Waals surface area contributed by atoms with Crippen LogP contribution in [-0.2, 0) is 6.42 Å². The van der Waals surface area contributed by atoms with E-state index in [0.29, 0.717) is 6.04 Å². The molecule has 0 saturated heterocycles. The Hall–Kier alpha value is -1.38. The summed E-state index contributed by atoms with van der Waals surface area (Å²) in [6, 6.07) is 13.4. The molecular weight excluding hydrogens is 244 g/mol. The van der Waals surface area contributed by atoms with Gasteiger partial charge >= 0.3 is 0 Å². The van der Waals surface area contributed by atoms with Gasteiger partial charge < -0.3 is 5.73 Å². The van der Waals surface area contributed by atoms with Gasteiger partial charge in [-0.25, -0.2) is 0 Å². The lowest BCUT2D eigenvalue weighted by Crippen LogP contribution is -2.37. The highest BCUT2D eigenvalue weighted by molar-refractivity contribution is 5.91. The Bertz CT molecular complexity index is 565. The van der Waals surface area contributed by atoms with E-state index in [-0.39, 0.29) is 6.17 Å². The normalized spacial score (nSPS) is 18.0. The van der Waals surface area contributed by atoms with Gasteiger partial charge in [0.05, 0.1) is 6.17 Å². The van der Waals surface area contributed by atoms with Gasteiger partial charge in [0.25, 0.3) is 0 Å². The van der Waals surface area contributed by atoms with Crippen molar-refractivity contribution in [2.24, 2.45) is 11.7 Å². The number of hydrogen-bond acceptors (Lipinski definition) is 2. The Morgan fingerprint density at radius 3 is 2.25 bits per heavy atom. The molecule has 0 bridgehead atoms. The van der Waals surface area contributed by atoms with E-state index in [1.807, 2.05) is 6.92 Å². The third-order valence-electron chi connectivity index (χ3n) is 3.29. The van der Waals surface area contributed by atoms with Gasteiger partial charge in [-0.05, 0) is 41.2 Å². The second kappa shape index (κ2) is 6.38. The minimum atomic E-state index is 0.0366. The Morgan fingerprint density at radius 1 is 1.05 bits per heavy atom. The highest BCUT2D eigenvalue weighted by Crippen LogP contribution is 2.36. The first-order valence-electron chi connectivity index (χ1n) is 7.51. The average Bonchev–Trinajstić information content (AvgIpc) is 2.69. The molecule has 2 nitrogen and oxygen atoms in total. The molecule has 0 aliphatic heterocycles. The van der Waals surface area contributed by atoms with Gasteiger partial charge in [-0.1, -0.05) is 57.2 Å². The van der Waals surface area contributed by atoms with Crippen LogP contribution in [0.1, 0.15) is 44.9 Å². The third kappa shape index (κ3) is 3.38. The van der Waals surface area contributed by atoms with E-state index in [1.165, 1.54) is 21.9 Å². The van der Waals surface area contributed by atoms with Gasteiger partial charge in [-0.3, -0.25) is 5.32 Å². The molecule has 0 fully saturated rings. The molecule has 0 unspecified atom stereocenters. The fourth-order valence-corrected chi connectivity index (χ4v) is 2.71. The molecule has 0 amide bonds. The largest absolute Gasteiger partial charge is 0.316 e. The van der Waals surface area contributed by atoms with Gasteiger partial charge in [0, 0.05) is 6.04 Å². The van der Waals surface area contributed by atoms with E-state index in [9.17, 15) is 0 Å². The topological polar surface area (TPSA) is 38.0 Å². The molecule has 108 valence electrons. The molecule has 0 radical (unpaired) electrons. The second-order valence-electron chi connectivity index (χ2n) is 6.31. The highest BCUT2D eigenvalue weighted by Gasteiger charge is 2.23. The quantitative estimate of drug-likeness (QED) is 0.810. The minimum absolute atomic E-state index is 0.0366. The molecule has 20 heavy (non-hydrogen) atoms. The van der Waals surface area contributed by atoms with Crippen LogP contribution >= 0.6 is 0 Å². The van der Waals surface area contributed by atoms with Gasteiger partial charge in [-0.2, -0.15) is 0 Å². The fourth-order valence-electron chi connectivity index (χ4n) is 2.71. The number of hydrogen-bond donors (Lipinski definition) is 2. The number of nitrogens with one attached hydrogen (secondary N) is 1. The van der Waals surface area contributed by atoms with Crippen molar-refractivity contribution in [2.75, 3.05) is 0 Å². The number of benzene rings is 2. The van der Waals surface area contributed by atoms with Crippen LogP contribution in [0.25, 0.3) is 10.8 Å². The SMILES string of the molecule is CC(C)C.C[C@@H](N)N[C@@H]1Cc2cccc3cccc1c23. The lowest BCUT2D eigenvalue weighted by molar-refractivity contribution is 0.473. The van der Waals surface area contributed by atoms with Gasteiger partial charge in [0.2, 0.25) is 0 Å². The van der Waals surface area contributed by atoms with Crippen LogP contribution in [0, 0.1) is 5.92 Å². The minimum Gasteiger partial charge on any atom is -0.316 e. The summed E-state index contributed by atoms with van der Waals surface area (Å²) in [7, 11) is 0. The number of nitrogens with two attached hydrogens (primary N) is 1. The molecule has 1 aliphatic rings. The van der Waals surface area contributed by atoms with Gasteiger partial charge in [0.1, 0.15) is 0 Å². The second-order valence-corrected chi connectivity index (χ2v) is 6.31. The molecule has 0 spiro atoms. The fraction of sp³-hybridized carbons (Fsp3) is 0.444. The van der Waals surface area contributed by atoms with Crippen molar-refractivity contribution >= 4 is 10.8 Å². The van der Waals surface area contributed by atoms with Crippen molar-refractivity contribution in [1.82, 2.24) is 5.32 Å². The molecule has 3 rings (SSSR count). The molecule has 0 heterocycles. The summed E-state index contributed by atoms with van der Waals surface area (Å²) < 4.78 is 0. The smallest absolute Gasteiger partial charge is 0.0521 e. The predicted octanol–water partition coefficient (Wildman–Crippen LogP) is 3.99. The molecule has 2 aromatic carbocycles. The standard InChI is InChI=1S/C14H16N2.C4H10/c1-9(15)16-13-8-11-6-2-4-10-5-3-7-12(13)14(10)11;1-4(2)3/h2-7,9,13,16H,8,15H2,1H3;4H,1-3H3/t9-,13+;/m0./s1. The van der Waals surface area contributed by atoms with Crippen LogP contribution in [0.4, 0.5) is 0 Å². The van der Waals surface area contributed by atoms with E-state index < -0.39 is 0 Å². The molecule has 1 aliphatic carbocycles. The van der Waals surface area contributed by atoms with E-state index in [1.54, 1.807) is 0 Å². The predicted molar refractivity (Wildman–Crippen MR) is 87.7 cm³/mol. The zero-order chi connectivity index (χ0) is 14.7. The van der Waals surface area contributed by atoms with Crippen molar-refractivity contribution in [1.29, 1.82) is 0 Å². The highest BCUT2D eigenvalue weighted by atomic mass is 15.0. The summed E-state index contributed by atoms with van der Waals surface area (Å²) in [5.41, 5.74) is 8.65. The zero-order valence-corrected chi connectivity index (χ0v) is 13.0. The first-order valence-corrected chi connectivity index (χ1v) is 7.51. The van der Waals surface area contributed by atoms with Crippen LogP contribution in [0.15, 0.2) is 36.4 Å². The maximum absolute atomic E-state index is 5.82. The Kier molecular flexibility index (Phi) is 4.79. The van der Waals surface area contributed by atoms with E-state index in [0.717, 1.165) is 12.3 Å². The monoisotopic (exact) mass is 270 g/mol. The molecule has 2 heteroatoms. The summed E-state index contributed by atoms with van der Waals surface area (Å²) >= 11 is 0. The van der Waals surface area contributed by atoms with Crippen LogP contribution in [0.2, 0.25) is 0 Å². The third-order valence-corrected chi connectivity index (χ3v) is 3.29. The maximum Gasteiger partial charge on any atom is 0.0521 e. The van der Waals surface area contributed by atoms with Crippen LogP contribution in [0.3, 0.4) is 0 Å². The summed E-state index contributed by atoms with van der Waals surface area (Å²) in [5, 5.41) is 6.18. The van der Waals surface area contributed by atoms with E-state index >= 15 is 0 Å². The Balaban J connectivity index is 0.000000328. The first kappa shape index (κ1) is 15.0. The van der Waals surface area contributed by atoms with Gasteiger partial charge in [0.15, 0.2) is 0 Å². The number of rotatable bonds is 2. The van der Waals surface area contributed by atoms with Crippen LogP contribution in [0.5, 0.6) is 0 Å². The van der Waals surface area contributed by atoms with Crippen LogP contribution < -0.4 is 11.1 Å². The van der Waals surface area contributed by atoms with Crippen LogP contribution in [-0.4, -0.2) is 6.17 Å². The van der Waals surface area contributed by atoms with E-state index in [4.69, 9.17) is 5.73 Å². The van der Waals surface area contributed by atoms with Crippen molar-refractivity contribution in [3.8, 4) is 0 Å². The summed E-state index contributed by atoms with van der Waals surface area (Å²) in [5.74, 6) is 0.833. The van der Waals surface area contributed by atoms with Crippen molar-refractivity contribution < 1.29 is 0 Å². The van der Waals surface area contributed by atoms with Crippen molar-refractivity contribution in [2.45, 2.75) is 46.3 Å². The van der Waals surface area contributed by atoms with Crippen molar-refractivity contribution in [3.05, 3.63) is 47.5 Å². The molecule has 0 aromatic heterocycles. The average molecular weight is 270 g/mol. The molecule has 2 aromatic rings. The van der Waals surface area contributed by atoms with Gasteiger partial charge in [-0.15, -0.1) is 0 Å². The molecule has 2 atom stereocenters. The summed E-state index contributed by atoms with van der Waals surface area (Å²) in [4.78, 5) is 0. The lowest BCUT2D eigenvalue weighted by atomic mass is 10.0. The summed E-state index contributed by atoms with van der Waals surface area (Å²) in [6.45, 7) is 8.49. The maximum atomic E-state index is 5.82. The Labute approximate surface area is 122 Å². The molecular formula is C18H26N2. The Morgan fingerprint density at radius 2 is 1.65 bits per heavy atom.